The van der Waals surface area contributed by atoms with Crippen molar-refractivity contribution in [3.63, 3.8) is 0 Å². The van der Waals surface area contributed by atoms with Crippen LogP contribution in [0.3, 0.4) is 0 Å². The highest BCUT2D eigenvalue weighted by molar-refractivity contribution is 5.92. The van der Waals surface area contributed by atoms with Gasteiger partial charge in [0, 0.05) is 18.2 Å². The van der Waals surface area contributed by atoms with Gasteiger partial charge in [-0.25, -0.2) is 0 Å². The molecule has 2 aliphatic heterocycles. The van der Waals surface area contributed by atoms with Gasteiger partial charge in [0.15, 0.2) is 17.5 Å². The maximum Gasteiger partial charge on any atom is 0.193 e. The number of anilines is 1. The van der Waals surface area contributed by atoms with Gasteiger partial charge >= 0.3 is 0 Å². The van der Waals surface area contributed by atoms with Gasteiger partial charge in [0.25, 0.3) is 0 Å². The number of hydrogen-bond acceptors (Lipinski definition) is 4. The maximum absolute atomic E-state index is 6.11. The molecule has 6 heteroatoms. The molecule has 3 N–H and O–H groups in total. The minimum absolute atomic E-state index is 0.0966. The first kappa shape index (κ1) is 17.7. The lowest BCUT2D eigenvalue weighted by Crippen LogP contribution is -2.24. The van der Waals surface area contributed by atoms with Crippen LogP contribution in [0.5, 0.6) is 11.5 Å². The molecule has 2 aliphatic rings. The van der Waals surface area contributed by atoms with Crippen LogP contribution >= 0.6 is 0 Å². The van der Waals surface area contributed by atoms with Gasteiger partial charge in [-0.3, -0.25) is 4.99 Å². The lowest BCUT2D eigenvalue weighted by atomic mass is 10.1. The molecule has 2 aromatic carbocycles. The zero-order valence-electron chi connectivity index (χ0n) is 15.3. The van der Waals surface area contributed by atoms with Crippen molar-refractivity contribution in [3.05, 3.63) is 54.1 Å². The SMILES string of the molecule is NC(=NC[C@H]1CC[C@@H](c2ccccc2)O1)Nc1ccc2c(c1)OCCCO2. The van der Waals surface area contributed by atoms with Gasteiger partial charge in [-0.05, 0) is 30.5 Å². The predicted octanol–water partition coefficient (Wildman–Crippen LogP) is 3.49. The number of benzene rings is 2. The minimum Gasteiger partial charge on any atom is -0.490 e. The first-order chi connectivity index (χ1) is 13.3. The van der Waals surface area contributed by atoms with Crippen LogP contribution in [0.1, 0.15) is 30.9 Å². The number of nitrogens with two attached hydrogens (primary N) is 1. The number of hydrogen-bond donors (Lipinski definition) is 2. The summed E-state index contributed by atoms with van der Waals surface area (Å²) < 4.78 is 17.4. The standard InChI is InChI=1S/C21H25N3O3/c22-21(24-16-7-9-19-20(13-16)26-12-4-11-25-19)23-14-17-8-10-18(27-17)15-5-2-1-3-6-15/h1-3,5-7,9,13,17-18H,4,8,10-12,14H2,(H3,22,23,24)/t17-,18+/m1/s1. The van der Waals surface area contributed by atoms with Gasteiger partial charge in [0.1, 0.15) is 0 Å². The molecule has 1 saturated heterocycles. The van der Waals surface area contributed by atoms with E-state index in [0.717, 1.165) is 36.4 Å². The monoisotopic (exact) mass is 367 g/mol. The molecular weight excluding hydrogens is 342 g/mol. The fourth-order valence-corrected chi connectivity index (χ4v) is 3.38. The number of nitrogens with one attached hydrogen (secondary N) is 1. The Hall–Kier alpha value is -2.73. The van der Waals surface area contributed by atoms with Crippen molar-refractivity contribution in [2.75, 3.05) is 25.1 Å². The van der Waals surface area contributed by atoms with Crippen LogP contribution < -0.4 is 20.5 Å². The summed E-state index contributed by atoms with van der Waals surface area (Å²) in [6.45, 7) is 1.88. The fourth-order valence-electron chi connectivity index (χ4n) is 3.38. The Morgan fingerprint density at radius 3 is 2.70 bits per heavy atom. The molecule has 0 radical (unpaired) electrons. The molecule has 0 aliphatic carbocycles. The third-order valence-corrected chi connectivity index (χ3v) is 4.76. The van der Waals surface area contributed by atoms with Crippen LogP contribution in [0.25, 0.3) is 0 Å². The molecule has 0 bridgehead atoms. The number of aliphatic imine (C=N–C) groups is 1. The van der Waals surface area contributed by atoms with Crippen molar-refractivity contribution in [2.24, 2.45) is 10.7 Å². The first-order valence-electron chi connectivity index (χ1n) is 9.45. The second-order valence-electron chi connectivity index (χ2n) is 6.80. The Labute approximate surface area is 159 Å². The van der Waals surface area contributed by atoms with E-state index in [4.69, 9.17) is 19.9 Å². The van der Waals surface area contributed by atoms with Crippen LogP contribution in [0.15, 0.2) is 53.5 Å². The Bertz CT molecular complexity index is 795. The van der Waals surface area contributed by atoms with Crippen molar-refractivity contribution in [1.82, 2.24) is 0 Å². The minimum atomic E-state index is 0.0966. The van der Waals surface area contributed by atoms with Gasteiger partial charge < -0.3 is 25.3 Å². The smallest absolute Gasteiger partial charge is 0.193 e. The molecule has 0 spiro atoms. The summed E-state index contributed by atoms with van der Waals surface area (Å²) >= 11 is 0. The fraction of sp³-hybridized carbons (Fsp3) is 0.381. The topological polar surface area (TPSA) is 78.1 Å². The highest BCUT2D eigenvalue weighted by Crippen LogP contribution is 2.33. The van der Waals surface area contributed by atoms with E-state index in [0.29, 0.717) is 25.7 Å². The summed E-state index contributed by atoms with van der Waals surface area (Å²) in [5, 5.41) is 3.12. The van der Waals surface area contributed by atoms with Crippen LogP contribution in [0.2, 0.25) is 0 Å². The molecule has 27 heavy (non-hydrogen) atoms. The highest BCUT2D eigenvalue weighted by atomic mass is 16.5. The summed E-state index contributed by atoms with van der Waals surface area (Å²) in [5.41, 5.74) is 8.10. The molecular formula is C21H25N3O3. The molecule has 0 aromatic heterocycles. The molecule has 4 rings (SSSR count). The summed E-state index contributed by atoms with van der Waals surface area (Å²) in [6.07, 6.45) is 3.13. The zero-order chi connectivity index (χ0) is 18.5. The Morgan fingerprint density at radius 1 is 1.04 bits per heavy atom. The number of ether oxygens (including phenoxy) is 3. The van der Waals surface area contributed by atoms with E-state index in [1.807, 2.05) is 36.4 Å². The number of rotatable bonds is 4. The predicted molar refractivity (Wildman–Crippen MR) is 105 cm³/mol. The number of nitrogens with zero attached hydrogens (tertiary/aromatic N) is 1. The van der Waals surface area contributed by atoms with E-state index in [9.17, 15) is 0 Å². The Kier molecular flexibility index (Phi) is 5.44. The molecule has 2 heterocycles. The van der Waals surface area contributed by atoms with E-state index in [1.165, 1.54) is 5.56 Å². The second-order valence-corrected chi connectivity index (χ2v) is 6.80. The molecule has 2 atom stereocenters. The van der Waals surface area contributed by atoms with Gasteiger partial charge in [-0.1, -0.05) is 30.3 Å². The van der Waals surface area contributed by atoms with E-state index >= 15 is 0 Å². The van der Waals surface area contributed by atoms with Crippen LogP contribution in [-0.4, -0.2) is 31.8 Å². The van der Waals surface area contributed by atoms with Crippen molar-refractivity contribution in [3.8, 4) is 11.5 Å². The van der Waals surface area contributed by atoms with Crippen LogP contribution in [0.4, 0.5) is 5.69 Å². The van der Waals surface area contributed by atoms with Crippen molar-refractivity contribution in [2.45, 2.75) is 31.5 Å². The van der Waals surface area contributed by atoms with Gasteiger partial charge in [-0.2, -0.15) is 0 Å². The van der Waals surface area contributed by atoms with E-state index in [1.54, 1.807) is 0 Å². The summed E-state index contributed by atoms with van der Waals surface area (Å²) in [4.78, 5) is 4.45. The summed E-state index contributed by atoms with van der Waals surface area (Å²) in [7, 11) is 0. The first-order valence-corrected chi connectivity index (χ1v) is 9.45. The third kappa shape index (κ3) is 4.52. The molecule has 0 amide bonds. The quantitative estimate of drug-likeness (QED) is 0.639. The zero-order valence-corrected chi connectivity index (χ0v) is 15.3. The number of guanidine groups is 1. The molecule has 2 aromatic rings. The average molecular weight is 367 g/mol. The highest BCUT2D eigenvalue weighted by Gasteiger charge is 2.26. The largest absolute Gasteiger partial charge is 0.490 e. The Balaban J connectivity index is 1.32. The maximum atomic E-state index is 6.11. The van der Waals surface area contributed by atoms with Gasteiger partial charge in [-0.15, -0.1) is 0 Å². The van der Waals surface area contributed by atoms with Crippen LogP contribution in [0, 0.1) is 0 Å². The Morgan fingerprint density at radius 2 is 1.85 bits per heavy atom. The summed E-state index contributed by atoms with van der Waals surface area (Å²) in [5.74, 6) is 1.87. The van der Waals surface area contributed by atoms with Gasteiger partial charge in [0.2, 0.25) is 0 Å². The van der Waals surface area contributed by atoms with Crippen molar-refractivity contribution >= 4 is 11.6 Å². The van der Waals surface area contributed by atoms with Crippen molar-refractivity contribution in [1.29, 1.82) is 0 Å². The van der Waals surface area contributed by atoms with Gasteiger partial charge in [0.05, 0.1) is 32.0 Å². The second kappa shape index (κ2) is 8.31. The third-order valence-electron chi connectivity index (χ3n) is 4.76. The van der Waals surface area contributed by atoms with Crippen LogP contribution in [-0.2, 0) is 4.74 Å². The average Bonchev–Trinajstić information content (AvgIpc) is 3.05. The lowest BCUT2D eigenvalue weighted by Gasteiger charge is -2.13. The molecule has 1 fully saturated rings. The number of fused-ring (bicyclic) bond motifs is 1. The molecule has 0 saturated carbocycles. The van der Waals surface area contributed by atoms with E-state index in [2.05, 4.69) is 22.4 Å². The molecule has 142 valence electrons. The van der Waals surface area contributed by atoms with Crippen molar-refractivity contribution < 1.29 is 14.2 Å². The van der Waals surface area contributed by atoms with E-state index < -0.39 is 0 Å². The molecule has 0 unspecified atom stereocenters. The summed E-state index contributed by atoms with van der Waals surface area (Å²) in [6, 6.07) is 16.0. The lowest BCUT2D eigenvalue weighted by molar-refractivity contribution is 0.0501. The normalized spacial score (nSPS) is 22.3. The molecule has 6 nitrogen and oxygen atoms in total. The van der Waals surface area contributed by atoms with E-state index in [-0.39, 0.29) is 12.2 Å².